The van der Waals surface area contributed by atoms with Gasteiger partial charge >= 0.3 is 0 Å². The minimum absolute atomic E-state index is 0.223. The van der Waals surface area contributed by atoms with Gasteiger partial charge in [-0.15, -0.1) is 0 Å². The predicted molar refractivity (Wildman–Crippen MR) is 60.3 cm³/mol. The molecular formula is C12H24N2. The SMILES string of the molecule is CCCN(CCC1(N)CCC1)C1CC1. The molecule has 0 amide bonds. The van der Waals surface area contributed by atoms with Crippen molar-refractivity contribution in [2.75, 3.05) is 13.1 Å². The summed E-state index contributed by atoms with van der Waals surface area (Å²) in [6, 6.07) is 0.915. The molecule has 2 nitrogen and oxygen atoms in total. The average Bonchev–Trinajstić information content (AvgIpc) is 2.92. The van der Waals surface area contributed by atoms with Gasteiger partial charge in [-0.25, -0.2) is 0 Å². The molecule has 2 rings (SSSR count). The van der Waals surface area contributed by atoms with Gasteiger partial charge in [0.05, 0.1) is 0 Å². The standard InChI is InChI=1S/C12H24N2/c1-2-9-14(11-4-5-11)10-8-12(13)6-3-7-12/h11H,2-10,13H2,1H3. The first-order valence-electron chi connectivity index (χ1n) is 6.26. The molecule has 0 aromatic rings. The normalized spacial score (nSPS) is 25.1. The quantitative estimate of drug-likeness (QED) is 0.705. The van der Waals surface area contributed by atoms with Crippen molar-refractivity contribution < 1.29 is 0 Å². The summed E-state index contributed by atoms with van der Waals surface area (Å²) >= 11 is 0. The van der Waals surface area contributed by atoms with Crippen LogP contribution in [0.2, 0.25) is 0 Å². The van der Waals surface area contributed by atoms with Crippen molar-refractivity contribution in [1.82, 2.24) is 4.90 Å². The summed E-state index contributed by atoms with van der Waals surface area (Å²) in [5.41, 5.74) is 6.46. The molecule has 2 heteroatoms. The van der Waals surface area contributed by atoms with Crippen molar-refractivity contribution in [3.63, 3.8) is 0 Å². The van der Waals surface area contributed by atoms with Gasteiger partial charge in [0.1, 0.15) is 0 Å². The van der Waals surface area contributed by atoms with Gasteiger partial charge in [0, 0.05) is 18.1 Å². The maximum atomic E-state index is 6.24. The van der Waals surface area contributed by atoms with Crippen LogP contribution < -0.4 is 5.73 Å². The largest absolute Gasteiger partial charge is 0.325 e. The van der Waals surface area contributed by atoms with Crippen molar-refractivity contribution in [1.29, 1.82) is 0 Å². The van der Waals surface area contributed by atoms with E-state index < -0.39 is 0 Å². The molecule has 2 fully saturated rings. The molecule has 14 heavy (non-hydrogen) atoms. The Hall–Kier alpha value is -0.0800. The lowest BCUT2D eigenvalue weighted by atomic mass is 9.75. The first kappa shape index (κ1) is 10.4. The third kappa shape index (κ3) is 2.48. The van der Waals surface area contributed by atoms with Gasteiger partial charge in [-0.05, 0) is 51.5 Å². The molecule has 2 N–H and O–H groups in total. The van der Waals surface area contributed by atoms with Gasteiger partial charge in [-0.1, -0.05) is 6.92 Å². The summed E-state index contributed by atoms with van der Waals surface area (Å²) < 4.78 is 0. The lowest BCUT2D eigenvalue weighted by molar-refractivity contribution is 0.176. The third-order valence-electron chi connectivity index (χ3n) is 3.82. The van der Waals surface area contributed by atoms with Crippen molar-refractivity contribution in [3.05, 3.63) is 0 Å². The molecule has 0 spiro atoms. The molecule has 2 aliphatic rings. The lowest BCUT2D eigenvalue weighted by Gasteiger charge is -2.39. The molecule has 0 aromatic heterocycles. The summed E-state index contributed by atoms with van der Waals surface area (Å²) in [5, 5.41) is 0. The van der Waals surface area contributed by atoms with Crippen LogP contribution in [0.15, 0.2) is 0 Å². The minimum Gasteiger partial charge on any atom is -0.325 e. The van der Waals surface area contributed by atoms with E-state index in [9.17, 15) is 0 Å². The van der Waals surface area contributed by atoms with Crippen LogP contribution in [0.1, 0.15) is 51.9 Å². The number of rotatable bonds is 6. The molecule has 82 valence electrons. The minimum atomic E-state index is 0.223. The third-order valence-corrected chi connectivity index (χ3v) is 3.82. The molecule has 0 radical (unpaired) electrons. The van der Waals surface area contributed by atoms with Crippen LogP contribution in [0.4, 0.5) is 0 Å². The fourth-order valence-electron chi connectivity index (χ4n) is 2.45. The highest BCUT2D eigenvalue weighted by Gasteiger charge is 2.34. The molecule has 0 aromatic carbocycles. The molecule has 2 aliphatic carbocycles. The van der Waals surface area contributed by atoms with Gasteiger partial charge in [0.25, 0.3) is 0 Å². The Bertz CT molecular complexity index is 183. The van der Waals surface area contributed by atoms with E-state index >= 15 is 0 Å². The van der Waals surface area contributed by atoms with Gasteiger partial charge in [0.2, 0.25) is 0 Å². The van der Waals surface area contributed by atoms with Gasteiger partial charge in [-0.2, -0.15) is 0 Å². The van der Waals surface area contributed by atoms with Crippen LogP contribution in [-0.2, 0) is 0 Å². The first-order chi connectivity index (χ1) is 6.73. The number of nitrogens with zero attached hydrogens (tertiary/aromatic N) is 1. The van der Waals surface area contributed by atoms with E-state index in [0.29, 0.717) is 0 Å². The summed E-state index contributed by atoms with van der Waals surface area (Å²) in [6.45, 7) is 4.80. The topological polar surface area (TPSA) is 29.3 Å². The van der Waals surface area contributed by atoms with Crippen LogP contribution >= 0.6 is 0 Å². The van der Waals surface area contributed by atoms with E-state index in [-0.39, 0.29) is 5.54 Å². The molecule has 0 heterocycles. The van der Waals surface area contributed by atoms with E-state index in [0.717, 1.165) is 6.04 Å². The molecular weight excluding hydrogens is 172 g/mol. The first-order valence-corrected chi connectivity index (χ1v) is 6.26. The second-order valence-electron chi connectivity index (χ2n) is 5.23. The van der Waals surface area contributed by atoms with Gasteiger partial charge in [-0.3, -0.25) is 0 Å². The lowest BCUT2D eigenvalue weighted by Crippen LogP contribution is -2.49. The Morgan fingerprint density at radius 3 is 2.43 bits per heavy atom. The van der Waals surface area contributed by atoms with E-state index in [1.165, 1.54) is 58.0 Å². The van der Waals surface area contributed by atoms with Crippen molar-refractivity contribution >= 4 is 0 Å². The Morgan fingerprint density at radius 2 is 2.00 bits per heavy atom. The van der Waals surface area contributed by atoms with E-state index in [1.54, 1.807) is 0 Å². The Balaban J connectivity index is 1.70. The van der Waals surface area contributed by atoms with Crippen LogP contribution in [0, 0.1) is 0 Å². The highest BCUT2D eigenvalue weighted by Crippen LogP contribution is 2.34. The smallest absolute Gasteiger partial charge is 0.0166 e. The fourth-order valence-corrected chi connectivity index (χ4v) is 2.45. The number of hydrogen-bond donors (Lipinski definition) is 1. The van der Waals surface area contributed by atoms with Crippen molar-refractivity contribution in [2.24, 2.45) is 5.73 Å². The highest BCUT2D eigenvalue weighted by atomic mass is 15.2. The monoisotopic (exact) mass is 196 g/mol. The predicted octanol–water partition coefficient (Wildman–Crippen LogP) is 2.13. The zero-order valence-corrected chi connectivity index (χ0v) is 9.47. The fraction of sp³-hybridized carbons (Fsp3) is 1.00. The second-order valence-corrected chi connectivity index (χ2v) is 5.23. The maximum Gasteiger partial charge on any atom is 0.0166 e. The second kappa shape index (κ2) is 4.19. The highest BCUT2D eigenvalue weighted by molar-refractivity contribution is 4.94. The van der Waals surface area contributed by atoms with Crippen LogP contribution in [0.5, 0.6) is 0 Å². The molecule has 0 saturated heterocycles. The molecule has 2 saturated carbocycles. The van der Waals surface area contributed by atoms with Crippen LogP contribution in [0.3, 0.4) is 0 Å². The molecule has 0 unspecified atom stereocenters. The summed E-state index contributed by atoms with van der Waals surface area (Å²) in [4.78, 5) is 2.66. The zero-order chi connectivity index (χ0) is 10.0. The Kier molecular flexibility index (Phi) is 3.13. The maximum absolute atomic E-state index is 6.24. The van der Waals surface area contributed by atoms with Gasteiger partial charge in [0.15, 0.2) is 0 Å². The van der Waals surface area contributed by atoms with E-state index in [4.69, 9.17) is 5.73 Å². The number of hydrogen-bond acceptors (Lipinski definition) is 2. The van der Waals surface area contributed by atoms with Crippen molar-refractivity contribution in [3.8, 4) is 0 Å². The molecule has 0 bridgehead atoms. The summed E-state index contributed by atoms with van der Waals surface area (Å²) in [6.07, 6.45) is 9.25. The number of nitrogens with two attached hydrogens (primary N) is 1. The summed E-state index contributed by atoms with van der Waals surface area (Å²) in [7, 11) is 0. The Morgan fingerprint density at radius 1 is 1.29 bits per heavy atom. The summed E-state index contributed by atoms with van der Waals surface area (Å²) in [5.74, 6) is 0. The average molecular weight is 196 g/mol. The Labute approximate surface area is 87.8 Å². The molecule has 0 aliphatic heterocycles. The van der Waals surface area contributed by atoms with Crippen LogP contribution in [0.25, 0.3) is 0 Å². The van der Waals surface area contributed by atoms with Crippen molar-refractivity contribution in [2.45, 2.75) is 63.5 Å². The van der Waals surface area contributed by atoms with Crippen LogP contribution in [-0.4, -0.2) is 29.6 Å². The zero-order valence-electron chi connectivity index (χ0n) is 9.47. The van der Waals surface area contributed by atoms with E-state index in [2.05, 4.69) is 11.8 Å². The van der Waals surface area contributed by atoms with Gasteiger partial charge < -0.3 is 10.6 Å². The molecule has 0 atom stereocenters. The van der Waals surface area contributed by atoms with E-state index in [1.807, 2.05) is 0 Å².